The summed E-state index contributed by atoms with van der Waals surface area (Å²) in [4.78, 5) is 9.33. The fraction of sp³-hybridized carbons (Fsp3) is 0.588. The molecule has 0 aromatic heterocycles. The summed E-state index contributed by atoms with van der Waals surface area (Å²) in [6, 6.07) is 11.0. The zero-order valence-corrected chi connectivity index (χ0v) is 13.5. The molecule has 2 rings (SSSR count). The molecule has 1 saturated heterocycles. The second kappa shape index (κ2) is 8.03. The second-order valence-electron chi connectivity index (χ2n) is 5.83. The highest BCUT2D eigenvalue weighted by Gasteiger charge is 2.22. The van der Waals surface area contributed by atoms with E-state index in [1.165, 1.54) is 24.9 Å². The van der Waals surface area contributed by atoms with Crippen molar-refractivity contribution in [1.82, 2.24) is 15.1 Å². The Morgan fingerprint density at radius 1 is 1.33 bits per heavy atom. The van der Waals surface area contributed by atoms with Gasteiger partial charge in [0.1, 0.15) is 0 Å². The summed E-state index contributed by atoms with van der Waals surface area (Å²) < 4.78 is 0. The number of likely N-dealkylation sites (N-methyl/N-ethyl adjacent to an activating group) is 1. The van der Waals surface area contributed by atoms with E-state index in [1.807, 2.05) is 20.2 Å². The van der Waals surface area contributed by atoms with Gasteiger partial charge in [-0.05, 0) is 31.5 Å². The molecule has 0 spiro atoms. The Kier molecular flexibility index (Phi) is 6.05. The highest BCUT2D eigenvalue weighted by Crippen LogP contribution is 2.15. The maximum Gasteiger partial charge on any atom is 0.193 e. The SMILES string of the molecule is CCN1CCCC1CNC(=NCc1ccccc1)N(C)C. The predicted molar refractivity (Wildman–Crippen MR) is 89.5 cm³/mol. The van der Waals surface area contributed by atoms with Crippen LogP contribution in [-0.2, 0) is 6.54 Å². The number of nitrogens with zero attached hydrogens (tertiary/aromatic N) is 3. The number of aliphatic imine (C=N–C) groups is 1. The van der Waals surface area contributed by atoms with Gasteiger partial charge in [-0.2, -0.15) is 0 Å². The van der Waals surface area contributed by atoms with Crippen molar-refractivity contribution in [3.05, 3.63) is 35.9 Å². The topological polar surface area (TPSA) is 30.9 Å². The van der Waals surface area contributed by atoms with E-state index in [0.29, 0.717) is 6.04 Å². The van der Waals surface area contributed by atoms with Crippen molar-refractivity contribution in [3.63, 3.8) is 0 Å². The third-order valence-electron chi connectivity index (χ3n) is 4.08. The van der Waals surface area contributed by atoms with Crippen LogP contribution in [0.4, 0.5) is 0 Å². The monoisotopic (exact) mass is 288 g/mol. The lowest BCUT2D eigenvalue weighted by molar-refractivity contribution is 0.266. The minimum Gasteiger partial charge on any atom is -0.355 e. The maximum absolute atomic E-state index is 4.72. The van der Waals surface area contributed by atoms with Gasteiger partial charge in [-0.1, -0.05) is 37.3 Å². The third-order valence-corrected chi connectivity index (χ3v) is 4.08. The molecule has 1 unspecified atom stereocenters. The number of benzene rings is 1. The molecule has 0 bridgehead atoms. The first-order valence-corrected chi connectivity index (χ1v) is 7.94. The Balaban J connectivity index is 1.90. The van der Waals surface area contributed by atoms with Crippen molar-refractivity contribution in [3.8, 4) is 0 Å². The van der Waals surface area contributed by atoms with Crippen LogP contribution in [0.25, 0.3) is 0 Å². The van der Waals surface area contributed by atoms with Gasteiger partial charge >= 0.3 is 0 Å². The Morgan fingerprint density at radius 3 is 2.76 bits per heavy atom. The molecule has 1 aromatic carbocycles. The summed E-state index contributed by atoms with van der Waals surface area (Å²) in [6.07, 6.45) is 2.61. The van der Waals surface area contributed by atoms with Crippen molar-refractivity contribution >= 4 is 5.96 Å². The van der Waals surface area contributed by atoms with Gasteiger partial charge in [0.05, 0.1) is 6.54 Å². The van der Waals surface area contributed by atoms with Crippen molar-refractivity contribution in [1.29, 1.82) is 0 Å². The Morgan fingerprint density at radius 2 is 2.10 bits per heavy atom. The van der Waals surface area contributed by atoms with Crippen molar-refractivity contribution < 1.29 is 0 Å². The molecule has 21 heavy (non-hydrogen) atoms. The minimum absolute atomic E-state index is 0.650. The van der Waals surface area contributed by atoms with Crippen molar-refractivity contribution in [2.75, 3.05) is 33.7 Å². The number of hydrogen-bond donors (Lipinski definition) is 1. The molecule has 0 saturated carbocycles. The molecule has 1 aliphatic heterocycles. The number of likely N-dealkylation sites (tertiary alicyclic amines) is 1. The van der Waals surface area contributed by atoms with Gasteiger partial charge in [0.15, 0.2) is 5.96 Å². The lowest BCUT2D eigenvalue weighted by Gasteiger charge is -2.25. The molecule has 1 aliphatic rings. The third kappa shape index (κ3) is 4.74. The molecule has 1 N–H and O–H groups in total. The highest BCUT2D eigenvalue weighted by atomic mass is 15.3. The van der Waals surface area contributed by atoms with Gasteiger partial charge in [0.2, 0.25) is 0 Å². The van der Waals surface area contributed by atoms with Crippen molar-refractivity contribution in [2.24, 2.45) is 4.99 Å². The summed E-state index contributed by atoms with van der Waals surface area (Å²) in [7, 11) is 4.09. The Labute approximate surface area is 128 Å². The number of guanidine groups is 1. The van der Waals surface area contributed by atoms with Gasteiger partial charge in [-0.15, -0.1) is 0 Å². The van der Waals surface area contributed by atoms with Gasteiger partial charge in [-0.25, -0.2) is 4.99 Å². The minimum atomic E-state index is 0.650. The number of hydrogen-bond acceptors (Lipinski definition) is 2. The van der Waals surface area contributed by atoms with E-state index in [0.717, 1.165) is 25.6 Å². The van der Waals surface area contributed by atoms with Crippen LogP contribution < -0.4 is 5.32 Å². The van der Waals surface area contributed by atoms with E-state index in [-0.39, 0.29) is 0 Å². The zero-order chi connectivity index (χ0) is 15.1. The molecular weight excluding hydrogens is 260 g/mol. The highest BCUT2D eigenvalue weighted by molar-refractivity contribution is 5.79. The number of nitrogens with one attached hydrogen (secondary N) is 1. The molecule has 0 aliphatic carbocycles. The van der Waals surface area contributed by atoms with Gasteiger partial charge in [0.25, 0.3) is 0 Å². The van der Waals surface area contributed by atoms with Crippen LogP contribution in [-0.4, -0.2) is 55.5 Å². The molecule has 0 amide bonds. The van der Waals surface area contributed by atoms with E-state index in [9.17, 15) is 0 Å². The van der Waals surface area contributed by atoms with E-state index in [2.05, 4.69) is 46.3 Å². The maximum atomic E-state index is 4.72. The average Bonchev–Trinajstić information content (AvgIpc) is 2.95. The fourth-order valence-electron chi connectivity index (χ4n) is 2.86. The Hall–Kier alpha value is -1.55. The first-order valence-electron chi connectivity index (χ1n) is 7.94. The van der Waals surface area contributed by atoms with Crippen LogP contribution in [0, 0.1) is 0 Å². The molecule has 116 valence electrons. The standard InChI is InChI=1S/C17H28N4/c1-4-21-12-8-11-16(21)14-19-17(20(2)3)18-13-15-9-6-5-7-10-15/h5-7,9-10,16H,4,8,11-14H2,1-3H3,(H,18,19). The van der Waals surface area contributed by atoms with Crippen molar-refractivity contribution in [2.45, 2.75) is 32.4 Å². The van der Waals surface area contributed by atoms with E-state index in [1.54, 1.807) is 0 Å². The summed E-state index contributed by atoms with van der Waals surface area (Å²) in [5, 5.41) is 3.53. The van der Waals surface area contributed by atoms with E-state index < -0.39 is 0 Å². The zero-order valence-electron chi connectivity index (χ0n) is 13.5. The molecule has 1 heterocycles. The Bertz CT molecular complexity index is 441. The van der Waals surface area contributed by atoms with Crippen LogP contribution in [0.15, 0.2) is 35.3 Å². The van der Waals surface area contributed by atoms with Crippen LogP contribution in [0.2, 0.25) is 0 Å². The molecule has 1 fully saturated rings. The largest absolute Gasteiger partial charge is 0.355 e. The molecule has 1 atom stereocenters. The molecule has 1 aromatic rings. The van der Waals surface area contributed by atoms with Gasteiger partial charge in [-0.3, -0.25) is 4.90 Å². The first kappa shape index (κ1) is 15.8. The lowest BCUT2D eigenvalue weighted by Crippen LogP contribution is -2.44. The smallest absolute Gasteiger partial charge is 0.193 e. The quantitative estimate of drug-likeness (QED) is 0.665. The molecular formula is C17H28N4. The molecule has 4 heteroatoms. The molecule has 4 nitrogen and oxygen atoms in total. The van der Waals surface area contributed by atoms with Gasteiger partial charge in [0, 0.05) is 26.7 Å². The van der Waals surface area contributed by atoms with Gasteiger partial charge < -0.3 is 10.2 Å². The van der Waals surface area contributed by atoms with Crippen LogP contribution in [0.3, 0.4) is 0 Å². The lowest BCUT2D eigenvalue weighted by atomic mass is 10.2. The van der Waals surface area contributed by atoms with Crippen LogP contribution >= 0.6 is 0 Å². The number of rotatable bonds is 5. The normalized spacial score (nSPS) is 19.8. The first-order chi connectivity index (χ1) is 10.2. The summed E-state index contributed by atoms with van der Waals surface area (Å²) in [5.41, 5.74) is 1.25. The summed E-state index contributed by atoms with van der Waals surface area (Å²) >= 11 is 0. The predicted octanol–water partition coefficient (Wildman–Crippen LogP) is 2.18. The van der Waals surface area contributed by atoms with Crippen LogP contribution in [0.1, 0.15) is 25.3 Å². The fourth-order valence-corrected chi connectivity index (χ4v) is 2.86. The summed E-state index contributed by atoms with van der Waals surface area (Å²) in [5.74, 6) is 0.974. The average molecular weight is 288 g/mol. The van der Waals surface area contributed by atoms with E-state index in [4.69, 9.17) is 4.99 Å². The summed E-state index contributed by atoms with van der Waals surface area (Å²) in [6.45, 7) is 6.34. The second-order valence-corrected chi connectivity index (χ2v) is 5.83. The van der Waals surface area contributed by atoms with Crippen LogP contribution in [0.5, 0.6) is 0 Å². The van der Waals surface area contributed by atoms with E-state index >= 15 is 0 Å². The molecule has 0 radical (unpaired) electrons.